The molecular weight excluding hydrogens is 284 g/mol. The van der Waals surface area contributed by atoms with Gasteiger partial charge in [0.2, 0.25) is 5.78 Å². The van der Waals surface area contributed by atoms with E-state index in [1.54, 1.807) is 26.8 Å². The van der Waals surface area contributed by atoms with Gasteiger partial charge in [0.15, 0.2) is 22.9 Å². The van der Waals surface area contributed by atoms with Crippen molar-refractivity contribution in [2.75, 3.05) is 7.11 Å². The molecule has 118 valence electrons. The summed E-state index contributed by atoms with van der Waals surface area (Å²) in [6, 6.07) is 1.61. The van der Waals surface area contributed by atoms with Gasteiger partial charge < -0.3 is 19.7 Å². The van der Waals surface area contributed by atoms with Gasteiger partial charge in [0.1, 0.15) is 11.2 Å². The molecule has 0 bridgehead atoms. The fourth-order valence-corrected chi connectivity index (χ4v) is 4.13. The van der Waals surface area contributed by atoms with E-state index in [1.807, 2.05) is 6.92 Å². The van der Waals surface area contributed by atoms with Crippen molar-refractivity contribution in [1.29, 1.82) is 0 Å². The molecule has 3 rings (SSSR count). The largest absolute Gasteiger partial charge is 0.504 e. The predicted octanol–water partition coefficient (Wildman–Crippen LogP) is 2.92. The number of phenols is 1. The van der Waals surface area contributed by atoms with E-state index < -0.39 is 11.0 Å². The SMILES string of the molecule is CCC12Oc3cc(OC)c(O)c(C)c3C1(C)C(=O)C(O)=C2C. The third-order valence-corrected chi connectivity index (χ3v) is 5.41. The van der Waals surface area contributed by atoms with E-state index in [1.165, 1.54) is 7.11 Å². The Balaban J connectivity index is 2.37. The van der Waals surface area contributed by atoms with Gasteiger partial charge in [-0.1, -0.05) is 6.92 Å². The van der Waals surface area contributed by atoms with Gasteiger partial charge in [0.25, 0.3) is 0 Å². The molecule has 1 aromatic carbocycles. The summed E-state index contributed by atoms with van der Waals surface area (Å²) in [4.78, 5) is 12.8. The quantitative estimate of drug-likeness (QED) is 0.878. The number of allylic oxidation sites excluding steroid dienone is 1. The molecule has 1 aliphatic carbocycles. The maximum atomic E-state index is 12.8. The second-order valence-electron chi connectivity index (χ2n) is 6.14. The van der Waals surface area contributed by atoms with Crippen molar-refractivity contribution >= 4 is 5.78 Å². The minimum atomic E-state index is -1.04. The number of carbonyl (C=O) groups is 1. The monoisotopic (exact) mass is 304 g/mol. The first kappa shape index (κ1) is 14.8. The van der Waals surface area contributed by atoms with Crippen molar-refractivity contribution in [1.82, 2.24) is 0 Å². The molecule has 0 saturated heterocycles. The van der Waals surface area contributed by atoms with E-state index in [-0.39, 0.29) is 17.3 Å². The molecule has 0 spiro atoms. The van der Waals surface area contributed by atoms with Crippen LogP contribution in [0.3, 0.4) is 0 Å². The van der Waals surface area contributed by atoms with Crippen molar-refractivity contribution in [3.63, 3.8) is 0 Å². The highest BCUT2D eigenvalue weighted by Gasteiger charge is 2.68. The molecule has 5 nitrogen and oxygen atoms in total. The van der Waals surface area contributed by atoms with Crippen LogP contribution < -0.4 is 9.47 Å². The van der Waals surface area contributed by atoms with Crippen molar-refractivity contribution in [2.24, 2.45) is 0 Å². The Hall–Kier alpha value is -2.17. The Labute approximate surface area is 129 Å². The summed E-state index contributed by atoms with van der Waals surface area (Å²) in [6.07, 6.45) is 0.530. The normalized spacial score (nSPS) is 29.4. The summed E-state index contributed by atoms with van der Waals surface area (Å²) in [6.45, 7) is 7.15. The molecule has 1 heterocycles. The lowest BCUT2D eigenvalue weighted by molar-refractivity contribution is -0.124. The molecule has 0 amide bonds. The molecule has 0 aromatic heterocycles. The predicted molar refractivity (Wildman–Crippen MR) is 80.7 cm³/mol. The number of phenolic OH excluding ortho intramolecular Hbond substituents is 1. The van der Waals surface area contributed by atoms with Gasteiger partial charge in [-0.05, 0) is 27.2 Å². The maximum absolute atomic E-state index is 12.8. The van der Waals surface area contributed by atoms with Crippen LogP contribution in [0.2, 0.25) is 0 Å². The van der Waals surface area contributed by atoms with Crippen LogP contribution in [-0.4, -0.2) is 28.7 Å². The van der Waals surface area contributed by atoms with E-state index >= 15 is 0 Å². The average molecular weight is 304 g/mol. The first-order valence-corrected chi connectivity index (χ1v) is 7.31. The van der Waals surface area contributed by atoms with Crippen LogP contribution in [0, 0.1) is 6.92 Å². The number of benzene rings is 1. The zero-order valence-electron chi connectivity index (χ0n) is 13.4. The van der Waals surface area contributed by atoms with E-state index in [9.17, 15) is 15.0 Å². The Bertz CT molecular complexity index is 733. The van der Waals surface area contributed by atoms with Gasteiger partial charge in [-0.25, -0.2) is 0 Å². The summed E-state index contributed by atoms with van der Waals surface area (Å²) in [5.41, 5.74) is -0.250. The topological polar surface area (TPSA) is 76.0 Å². The molecule has 1 aliphatic heterocycles. The number of aliphatic hydroxyl groups excluding tert-OH is 1. The van der Waals surface area contributed by atoms with Crippen LogP contribution in [-0.2, 0) is 10.2 Å². The number of methoxy groups -OCH3 is 1. The second kappa shape index (κ2) is 4.18. The lowest BCUT2D eigenvalue weighted by Crippen LogP contribution is -2.50. The van der Waals surface area contributed by atoms with Crippen molar-refractivity contribution < 1.29 is 24.5 Å². The number of rotatable bonds is 2. The number of hydrogen-bond acceptors (Lipinski definition) is 5. The smallest absolute Gasteiger partial charge is 0.211 e. The van der Waals surface area contributed by atoms with Crippen LogP contribution in [0.5, 0.6) is 17.2 Å². The molecule has 1 aromatic rings. The number of ether oxygens (including phenoxy) is 2. The van der Waals surface area contributed by atoms with E-state index in [0.29, 0.717) is 34.6 Å². The minimum absolute atomic E-state index is 0.00480. The molecule has 0 fully saturated rings. The number of aromatic hydroxyl groups is 1. The van der Waals surface area contributed by atoms with Crippen molar-refractivity contribution in [3.8, 4) is 17.2 Å². The first-order valence-electron chi connectivity index (χ1n) is 7.31. The lowest BCUT2D eigenvalue weighted by Gasteiger charge is -2.36. The van der Waals surface area contributed by atoms with Crippen LogP contribution in [0.15, 0.2) is 17.4 Å². The Morgan fingerprint density at radius 1 is 1.32 bits per heavy atom. The lowest BCUT2D eigenvalue weighted by atomic mass is 9.67. The Kier molecular flexibility index (Phi) is 2.81. The first-order chi connectivity index (χ1) is 10.3. The summed E-state index contributed by atoms with van der Waals surface area (Å²) >= 11 is 0. The number of Topliss-reactive ketones (excluding diaryl/α,β-unsaturated/α-hetero) is 1. The zero-order valence-corrected chi connectivity index (χ0v) is 13.4. The van der Waals surface area contributed by atoms with Crippen molar-refractivity contribution in [3.05, 3.63) is 28.5 Å². The highest BCUT2D eigenvalue weighted by molar-refractivity contribution is 6.08. The zero-order chi connectivity index (χ0) is 16.4. The molecular formula is C17H20O5. The summed E-state index contributed by atoms with van der Waals surface area (Å²) < 4.78 is 11.3. The van der Waals surface area contributed by atoms with Gasteiger partial charge in [-0.15, -0.1) is 0 Å². The molecule has 5 heteroatoms. The second-order valence-corrected chi connectivity index (χ2v) is 6.14. The number of aliphatic hydroxyl groups is 1. The van der Waals surface area contributed by atoms with E-state index in [0.717, 1.165) is 0 Å². The highest BCUT2D eigenvalue weighted by atomic mass is 16.5. The maximum Gasteiger partial charge on any atom is 0.211 e. The number of fused-ring (bicyclic) bond motifs is 3. The molecule has 2 atom stereocenters. The third-order valence-electron chi connectivity index (χ3n) is 5.41. The minimum Gasteiger partial charge on any atom is -0.504 e. The van der Waals surface area contributed by atoms with E-state index in [4.69, 9.17) is 9.47 Å². The van der Waals surface area contributed by atoms with Gasteiger partial charge in [0.05, 0.1) is 7.11 Å². The van der Waals surface area contributed by atoms with Crippen LogP contribution in [0.1, 0.15) is 38.3 Å². The van der Waals surface area contributed by atoms with Gasteiger partial charge in [-0.2, -0.15) is 0 Å². The van der Waals surface area contributed by atoms with Gasteiger partial charge >= 0.3 is 0 Å². The number of ketones is 1. The average Bonchev–Trinajstić information content (AvgIpc) is 2.85. The molecule has 0 radical (unpaired) electrons. The summed E-state index contributed by atoms with van der Waals surface area (Å²) in [5, 5.41) is 20.5. The Morgan fingerprint density at radius 2 is 1.95 bits per heavy atom. The third kappa shape index (κ3) is 1.28. The fourth-order valence-electron chi connectivity index (χ4n) is 4.13. The van der Waals surface area contributed by atoms with Gasteiger partial charge in [0, 0.05) is 22.8 Å². The molecule has 22 heavy (non-hydrogen) atoms. The number of carbonyl (C=O) groups excluding carboxylic acids is 1. The highest BCUT2D eigenvalue weighted by Crippen LogP contribution is 2.61. The van der Waals surface area contributed by atoms with Crippen LogP contribution in [0.4, 0.5) is 0 Å². The fraction of sp³-hybridized carbons (Fsp3) is 0.471. The standard InChI is InChI=1S/C17H20O5/c1-6-17-9(3)14(19)15(20)16(17,4)12-8(2)13(18)11(21-5)7-10(12)22-17/h7,18-19H,6H2,1-5H3. The van der Waals surface area contributed by atoms with Crippen LogP contribution >= 0.6 is 0 Å². The van der Waals surface area contributed by atoms with E-state index in [2.05, 4.69) is 0 Å². The molecule has 2 unspecified atom stereocenters. The Morgan fingerprint density at radius 3 is 2.50 bits per heavy atom. The van der Waals surface area contributed by atoms with Gasteiger partial charge in [-0.3, -0.25) is 4.79 Å². The summed E-state index contributed by atoms with van der Waals surface area (Å²) in [7, 11) is 1.47. The van der Waals surface area contributed by atoms with Crippen LogP contribution in [0.25, 0.3) is 0 Å². The van der Waals surface area contributed by atoms with Crippen molar-refractivity contribution in [2.45, 2.75) is 45.1 Å². The molecule has 0 saturated carbocycles. The summed E-state index contributed by atoms with van der Waals surface area (Å²) in [5.74, 6) is 0.235. The molecule has 2 aliphatic rings. The molecule has 2 N–H and O–H groups in total. The number of hydrogen-bond donors (Lipinski definition) is 2.